The van der Waals surface area contributed by atoms with E-state index in [1.54, 1.807) is 25.2 Å². The van der Waals surface area contributed by atoms with Crippen LogP contribution in [0.4, 0.5) is 0 Å². The minimum Gasteiger partial charge on any atom is -0.336 e. The maximum atomic E-state index is 13.1. The maximum Gasteiger partial charge on any atom is 0.256 e. The predicted molar refractivity (Wildman–Crippen MR) is 133 cm³/mol. The molecule has 1 amide bonds. The molecule has 0 bridgehead atoms. The molecular formula is C25H19Cl2N5O3. The van der Waals surface area contributed by atoms with Crippen molar-refractivity contribution in [2.45, 2.75) is 19.5 Å². The van der Waals surface area contributed by atoms with Crippen LogP contribution in [0.3, 0.4) is 0 Å². The molecular weight excluding hydrogens is 489 g/mol. The van der Waals surface area contributed by atoms with Crippen molar-refractivity contribution < 1.29 is 9.59 Å². The van der Waals surface area contributed by atoms with E-state index in [1.165, 1.54) is 15.5 Å². The fourth-order valence-corrected chi connectivity index (χ4v) is 4.71. The zero-order chi connectivity index (χ0) is 24.7. The average molecular weight is 508 g/mol. The molecule has 35 heavy (non-hydrogen) atoms. The number of carbonyl (C=O) groups excluding carboxylic acids is 2. The van der Waals surface area contributed by atoms with Crippen LogP contribution in [-0.4, -0.2) is 40.5 Å². The van der Waals surface area contributed by atoms with E-state index in [0.29, 0.717) is 39.0 Å². The first kappa shape index (κ1) is 23.1. The van der Waals surface area contributed by atoms with E-state index in [1.807, 2.05) is 24.3 Å². The van der Waals surface area contributed by atoms with E-state index < -0.39 is 0 Å². The Labute approximate surface area is 210 Å². The van der Waals surface area contributed by atoms with Crippen molar-refractivity contribution in [1.29, 1.82) is 0 Å². The van der Waals surface area contributed by atoms with E-state index in [-0.39, 0.29) is 36.8 Å². The van der Waals surface area contributed by atoms with Crippen LogP contribution in [0.5, 0.6) is 0 Å². The standard InChI is InChI=1S/C25H19Cl2N5O3/c1-31-13-22-24(25(31)35)19(18-9-16(26)6-7-20(18)27)10-23(34)32(22)12-17(33)8-14-2-4-15(5-3-14)21-11-28-30-29-21/h2-7,9-10H,8,11-13H2,1H3. The van der Waals surface area contributed by atoms with Crippen LogP contribution in [0.2, 0.25) is 10.0 Å². The molecule has 176 valence electrons. The van der Waals surface area contributed by atoms with Crippen LogP contribution in [-0.2, 0) is 24.3 Å². The zero-order valence-electron chi connectivity index (χ0n) is 18.7. The number of hydrogen-bond donors (Lipinski definition) is 0. The average Bonchev–Trinajstić information content (AvgIpc) is 3.47. The SMILES string of the molecule is CN1Cc2c(c(-c3cc(Cl)ccc3Cl)cc(=O)n2CC(=O)Cc2ccc(C3=NN=NC3)cc2)C1=O. The van der Waals surface area contributed by atoms with Crippen molar-refractivity contribution in [3.8, 4) is 11.1 Å². The number of rotatable bonds is 6. The minimum absolute atomic E-state index is 0.141. The number of carbonyl (C=O) groups is 2. The third-order valence-electron chi connectivity index (χ3n) is 6.06. The zero-order valence-corrected chi connectivity index (χ0v) is 20.2. The van der Waals surface area contributed by atoms with Crippen molar-refractivity contribution in [2.24, 2.45) is 15.4 Å². The summed E-state index contributed by atoms with van der Waals surface area (Å²) in [6, 6.07) is 13.7. The van der Waals surface area contributed by atoms with Crippen molar-refractivity contribution in [1.82, 2.24) is 9.47 Å². The summed E-state index contributed by atoms with van der Waals surface area (Å²) in [6.07, 6.45) is 0.147. The Hall–Kier alpha value is -3.62. The van der Waals surface area contributed by atoms with Gasteiger partial charge in [0.15, 0.2) is 5.78 Å². The van der Waals surface area contributed by atoms with Gasteiger partial charge in [0.2, 0.25) is 0 Å². The fraction of sp³-hybridized carbons (Fsp3) is 0.200. The number of hydrogen-bond acceptors (Lipinski definition) is 6. The highest BCUT2D eigenvalue weighted by Crippen LogP contribution is 2.36. The molecule has 8 nitrogen and oxygen atoms in total. The number of amides is 1. The van der Waals surface area contributed by atoms with Crippen molar-refractivity contribution in [3.05, 3.63) is 91.3 Å². The molecule has 3 aromatic rings. The van der Waals surface area contributed by atoms with Crippen LogP contribution < -0.4 is 5.56 Å². The monoisotopic (exact) mass is 507 g/mol. The van der Waals surface area contributed by atoms with Crippen molar-refractivity contribution >= 4 is 40.6 Å². The van der Waals surface area contributed by atoms with Gasteiger partial charge in [0.25, 0.3) is 11.5 Å². The Kier molecular flexibility index (Phi) is 6.08. The molecule has 0 N–H and O–H groups in total. The Balaban J connectivity index is 1.45. The van der Waals surface area contributed by atoms with Gasteiger partial charge in [-0.2, -0.15) is 5.11 Å². The van der Waals surface area contributed by atoms with E-state index in [2.05, 4.69) is 15.4 Å². The van der Waals surface area contributed by atoms with Gasteiger partial charge in [0.1, 0.15) is 6.54 Å². The van der Waals surface area contributed by atoms with Crippen molar-refractivity contribution in [2.75, 3.05) is 13.6 Å². The molecule has 0 radical (unpaired) electrons. The molecule has 2 aromatic carbocycles. The number of fused-ring (bicyclic) bond motifs is 1. The quantitative estimate of drug-likeness (QED) is 0.494. The summed E-state index contributed by atoms with van der Waals surface area (Å²) in [7, 11) is 1.65. The first-order valence-electron chi connectivity index (χ1n) is 10.8. The first-order chi connectivity index (χ1) is 16.8. The van der Waals surface area contributed by atoms with Gasteiger partial charge in [-0.1, -0.05) is 47.5 Å². The molecule has 2 aliphatic rings. The van der Waals surface area contributed by atoms with E-state index in [9.17, 15) is 14.4 Å². The second kappa shape index (κ2) is 9.20. The fourth-order valence-electron chi connectivity index (χ4n) is 4.32. The molecule has 0 saturated heterocycles. The third kappa shape index (κ3) is 4.42. The Morgan fingerprint density at radius 2 is 1.80 bits per heavy atom. The van der Waals surface area contributed by atoms with Gasteiger partial charge >= 0.3 is 0 Å². The predicted octanol–water partition coefficient (Wildman–Crippen LogP) is 4.39. The number of Topliss-reactive ketones (excluding diaryl/α,β-unsaturated/α-hetero) is 1. The van der Waals surface area contributed by atoms with Gasteiger partial charge < -0.3 is 9.47 Å². The topological polar surface area (TPSA) is 96.5 Å². The van der Waals surface area contributed by atoms with Crippen molar-refractivity contribution in [3.63, 3.8) is 0 Å². The van der Waals surface area contributed by atoms with E-state index >= 15 is 0 Å². The molecule has 0 aliphatic carbocycles. The summed E-state index contributed by atoms with van der Waals surface area (Å²) in [6.45, 7) is 0.517. The summed E-state index contributed by atoms with van der Waals surface area (Å²) in [5, 5.41) is 12.2. The summed E-state index contributed by atoms with van der Waals surface area (Å²) in [5.41, 5.74) is 3.88. The van der Waals surface area contributed by atoms with Crippen LogP contribution in [0.15, 0.2) is 68.8 Å². The number of benzene rings is 2. The Morgan fingerprint density at radius 1 is 1.03 bits per heavy atom. The third-order valence-corrected chi connectivity index (χ3v) is 6.62. The summed E-state index contributed by atoms with van der Waals surface area (Å²) < 4.78 is 1.38. The van der Waals surface area contributed by atoms with Crippen LogP contribution in [0.1, 0.15) is 27.2 Å². The van der Waals surface area contributed by atoms with Gasteiger partial charge in [-0.05, 0) is 34.5 Å². The molecule has 3 heterocycles. The first-order valence-corrected chi connectivity index (χ1v) is 11.6. The van der Waals surface area contributed by atoms with E-state index in [4.69, 9.17) is 23.2 Å². The van der Waals surface area contributed by atoms with Crippen LogP contribution >= 0.6 is 23.2 Å². The van der Waals surface area contributed by atoms with Crippen LogP contribution in [0.25, 0.3) is 11.1 Å². The van der Waals surface area contributed by atoms with Gasteiger partial charge in [0, 0.05) is 40.7 Å². The van der Waals surface area contributed by atoms with E-state index in [0.717, 1.165) is 16.8 Å². The summed E-state index contributed by atoms with van der Waals surface area (Å²) >= 11 is 12.5. The molecule has 0 atom stereocenters. The lowest BCUT2D eigenvalue weighted by Gasteiger charge is -2.14. The second-order valence-corrected chi connectivity index (χ2v) is 9.28. The van der Waals surface area contributed by atoms with Gasteiger partial charge in [-0.25, -0.2) is 0 Å². The number of nitrogens with zero attached hydrogens (tertiary/aromatic N) is 5. The smallest absolute Gasteiger partial charge is 0.256 e. The summed E-state index contributed by atoms with van der Waals surface area (Å²) in [4.78, 5) is 40.6. The Morgan fingerprint density at radius 3 is 2.51 bits per heavy atom. The molecule has 2 aliphatic heterocycles. The Bertz CT molecular complexity index is 1490. The highest BCUT2D eigenvalue weighted by Gasteiger charge is 2.32. The normalized spacial score (nSPS) is 14.4. The number of ketones is 1. The second-order valence-electron chi connectivity index (χ2n) is 8.44. The lowest BCUT2D eigenvalue weighted by atomic mass is 9.99. The maximum absolute atomic E-state index is 13.1. The summed E-state index contributed by atoms with van der Waals surface area (Å²) in [5.74, 6) is -0.392. The molecule has 0 saturated carbocycles. The largest absolute Gasteiger partial charge is 0.336 e. The number of pyridine rings is 1. The molecule has 5 rings (SSSR count). The van der Waals surface area contributed by atoms with Crippen LogP contribution in [0, 0.1) is 0 Å². The lowest BCUT2D eigenvalue weighted by molar-refractivity contribution is -0.119. The van der Waals surface area contributed by atoms with Gasteiger partial charge in [-0.15, -0.1) is 5.10 Å². The molecule has 1 aromatic heterocycles. The number of aromatic nitrogens is 1. The van der Waals surface area contributed by atoms with Gasteiger partial charge in [-0.3, -0.25) is 14.4 Å². The lowest BCUT2D eigenvalue weighted by Crippen LogP contribution is -2.28. The molecule has 0 fully saturated rings. The highest BCUT2D eigenvalue weighted by molar-refractivity contribution is 6.35. The molecule has 10 heteroatoms. The molecule has 0 unspecified atom stereocenters. The number of halogens is 2. The highest BCUT2D eigenvalue weighted by atomic mass is 35.5. The minimum atomic E-state index is -0.381. The molecule has 0 spiro atoms. The van der Waals surface area contributed by atoms with Gasteiger partial charge in [0.05, 0.1) is 30.1 Å².